The van der Waals surface area contributed by atoms with Crippen LogP contribution in [0, 0.1) is 0 Å². The van der Waals surface area contributed by atoms with Crippen LogP contribution in [0.4, 0.5) is 0 Å². The molecule has 0 aliphatic carbocycles. The average Bonchev–Trinajstić information content (AvgIpc) is 1.97. The van der Waals surface area contributed by atoms with E-state index in [0.717, 1.165) is 6.92 Å². The maximum atomic E-state index is 10.5. The summed E-state index contributed by atoms with van der Waals surface area (Å²) in [6.45, 7) is 1.01. The predicted octanol–water partition coefficient (Wildman–Crippen LogP) is -6.32. The molecule has 0 heterocycles. The van der Waals surface area contributed by atoms with Gasteiger partial charge in [-0.05, 0) is 0 Å². The third kappa shape index (κ3) is 9.89. The van der Waals surface area contributed by atoms with Crippen molar-refractivity contribution in [3.05, 3.63) is 12.3 Å². The molecule has 78 valence electrons. The Bertz CT molecular complexity index is 309. The molecule has 0 saturated carbocycles. The van der Waals surface area contributed by atoms with Gasteiger partial charge in [0.25, 0.3) is 5.52 Å². The molecule has 0 bridgehead atoms. The van der Waals surface area contributed by atoms with Crippen LogP contribution in [-0.2, 0) is 14.2 Å². The summed E-state index contributed by atoms with van der Waals surface area (Å²) < 4.78 is 10.2. The molecule has 0 aromatic carbocycles. The number of hydrogen-bond donors (Lipinski definition) is 3. The number of carbonyl (C=O) groups excluding carboxylic acids is 2. The van der Waals surface area contributed by atoms with Gasteiger partial charge in [0.2, 0.25) is 5.91 Å². The summed E-state index contributed by atoms with van der Waals surface area (Å²) in [4.78, 5) is 37.3. The Kier molecular flexibility index (Phi) is 12.9. The zero-order valence-electron chi connectivity index (χ0n) is 10.6. The van der Waals surface area contributed by atoms with E-state index >= 15 is 0 Å². The van der Waals surface area contributed by atoms with Gasteiger partial charge in [0.15, 0.2) is 0 Å². The molecule has 0 saturated heterocycles. The van der Waals surface area contributed by atoms with Crippen LogP contribution in [0.15, 0.2) is 12.3 Å². The van der Waals surface area contributed by atoms with Gasteiger partial charge in [-0.3, -0.25) is 19.4 Å². The van der Waals surface area contributed by atoms with E-state index < -0.39 is 19.0 Å². The molecule has 0 radical (unpaired) electrons. The van der Waals surface area contributed by atoms with Crippen molar-refractivity contribution in [1.82, 2.24) is 5.06 Å². The number of hydrogen-bond acceptors (Lipinski definition) is 4. The maximum absolute atomic E-state index is 10.5. The van der Waals surface area contributed by atoms with Crippen LogP contribution in [0.2, 0.25) is 0 Å². The summed E-state index contributed by atoms with van der Waals surface area (Å²) in [7, 11) is -4.82. The first-order chi connectivity index (χ1) is 5.75. The van der Waals surface area contributed by atoms with Crippen molar-refractivity contribution < 1.29 is 91.1 Å². The number of allylic oxidation sites excluding steroid dienone is 1. The Morgan fingerprint density at radius 2 is 1.73 bits per heavy atom. The molecular weight excluding hydrogens is 247 g/mol. The molecule has 10 heteroatoms. The molecule has 1 amide bonds. The van der Waals surface area contributed by atoms with E-state index in [2.05, 4.69) is 0 Å². The van der Waals surface area contributed by atoms with Crippen molar-refractivity contribution in [2.75, 3.05) is 0 Å². The van der Waals surface area contributed by atoms with E-state index in [0.29, 0.717) is 12.3 Å². The van der Waals surface area contributed by atoms with Crippen LogP contribution in [0.3, 0.4) is 0 Å². The van der Waals surface area contributed by atoms with Crippen LogP contribution in [0.25, 0.3) is 0 Å². The van der Waals surface area contributed by atoms with Crippen molar-refractivity contribution >= 4 is 19.0 Å². The van der Waals surface area contributed by atoms with E-state index in [4.69, 9.17) is 15.0 Å². The minimum atomic E-state index is -4.82. The van der Waals surface area contributed by atoms with Crippen molar-refractivity contribution in [2.24, 2.45) is 0 Å². The molecule has 0 fully saturated rings. The van der Waals surface area contributed by atoms with Crippen LogP contribution < -0.4 is 59.1 Å². The first-order valence-corrected chi connectivity index (χ1v) is 4.63. The summed E-state index contributed by atoms with van der Waals surface area (Å²) in [6, 6.07) is 0. The van der Waals surface area contributed by atoms with Gasteiger partial charge in [-0.25, -0.2) is 0 Å². The Morgan fingerprint density at radius 3 is 2.00 bits per heavy atom. The van der Waals surface area contributed by atoms with Crippen LogP contribution in [0.1, 0.15) is 9.78 Å². The fourth-order valence-electron chi connectivity index (χ4n) is 0.336. The van der Waals surface area contributed by atoms with Gasteiger partial charge >= 0.3 is 66.7 Å². The average molecular weight is 257 g/mol. The molecule has 0 atom stereocenters. The summed E-state index contributed by atoms with van der Waals surface area (Å²) in [5.41, 5.74) is -1.48. The summed E-state index contributed by atoms with van der Waals surface area (Å²) in [5.74, 6) is -0.783. The SMILES string of the molecule is CC(=O)N(O)/C=C/C(=O)P(=O)(O)O.[H-].[H-].[Na+].[Na+]. The number of amides is 1. The molecule has 15 heavy (non-hydrogen) atoms. The number of nitrogens with zero attached hydrogens (tertiary/aromatic N) is 1. The van der Waals surface area contributed by atoms with E-state index in [9.17, 15) is 14.2 Å². The smallest absolute Gasteiger partial charge is 1.00 e. The molecular formula is C5H10NNa2O6P. The summed E-state index contributed by atoms with van der Waals surface area (Å²) in [6.07, 6.45) is 0.978. The third-order valence-electron chi connectivity index (χ3n) is 0.968. The fraction of sp³-hybridized carbons (Fsp3) is 0.200. The first kappa shape index (κ1) is 21.3. The minimum absolute atomic E-state index is 0. The fourth-order valence-corrected chi connectivity index (χ4v) is 0.597. The number of carbonyl (C=O) groups is 2. The zero-order valence-corrected chi connectivity index (χ0v) is 13.5. The van der Waals surface area contributed by atoms with Gasteiger partial charge in [-0.2, -0.15) is 5.06 Å². The molecule has 7 nitrogen and oxygen atoms in total. The summed E-state index contributed by atoms with van der Waals surface area (Å²) in [5, 5.41) is 8.67. The van der Waals surface area contributed by atoms with E-state index in [1.807, 2.05) is 0 Å². The molecule has 0 spiro atoms. The van der Waals surface area contributed by atoms with Crippen molar-refractivity contribution in [3.63, 3.8) is 0 Å². The third-order valence-corrected chi connectivity index (χ3v) is 1.69. The molecule has 0 unspecified atom stereocenters. The van der Waals surface area contributed by atoms with Crippen molar-refractivity contribution in [2.45, 2.75) is 6.92 Å². The second-order valence-electron chi connectivity index (χ2n) is 2.06. The van der Waals surface area contributed by atoms with E-state index in [-0.39, 0.29) is 67.0 Å². The standard InChI is InChI=1S/C5H8NO6P.2Na.2H/c1-4(7)6(9)3-2-5(8)13(10,11)12;;;;/h2-3,9H,1H3,(H2,10,11,12);;;;/q;2*+1;2*-1/b3-2+;;;;. The van der Waals surface area contributed by atoms with Gasteiger partial charge < -0.3 is 12.6 Å². The molecule has 0 aromatic heterocycles. The minimum Gasteiger partial charge on any atom is -1.00 e. The normalized spacial score (nSPS) is 10.1. The van der Waals surface area contributed by atoms with Gasteiger partial charge in [0.05, 0.1) is 0 Å². The predicted molar refractivity (Wildman–Crippen MR) is 42.7 cm³/mol. The largest absolute Gasteiger partial charge is 1.00 e. The molecule has 0 aliphatic heterocycles. The number of rotatable bonds is 3. The molecule has 3 N–H and O–H groups in total. The number of hydroxylamine groups is 2. The van der Waals surface area contributed by atoms with Gasteiger partial charge in [0, 0.05) is 19.2 Å². The molecule has 0 rings (SSSR count). The van der Waals surface area contributed by atoms with E-state index in [1.165, 1.54) is 0 Å². The Morgan fingerprint density at radius 1 is 1.33 bits per heavy atom. The summed E-state index contributed by atoms with van der Waals surface area (Å²) >= 11 is 0. The zero-order chi connectivity index (χ0) is 10.6. The molecule has 0 aromatic rings. The second-order valence-corrected chi connectivity index (χ2v) is 3.59. The van der Waals surface area contributed by atoms with Crippen LogP contribution >= 0.6 is 7.60 Å². The Labute approximate surface area is 133 Å². The topological polar surface area (TPSA) is 115 Å². The second kappa shape index (κ2) is 9.07. The van der Waals surface area contributed by atoms with E-state index in [1.54, 1.807) is 0 Å². The van der Waals surface area contributed by atoms with Gasteiger partial charge in [-0.1, -0.05) is 0 Å². The maximum Gasteiger partial charge on any atom is 1.00 e. The van der Waals surface area contributed by atoms with Crippen molar-refractivity contribution in [1.29, 1.82) is 0 Å². The Balaban J connectivity index is -0.000000120. The van der Waals surface area contributed by atoms with Crippen LogP contribution in [-0.4, -0.2) is 31.5 Å². The van der Waals surface area contributed by atoms with Crippen LogP contribution in [0.5, 0.6) is 0 Å². The Hall–Kier alpha value is 0.990. The first-order valence-electron chi connectivity index (χ1n) is 3.02. The van der Waals surface area contributed by atoms with Gasteiger partial charge in [-0.15, -0.1) is 0 Å². The van der Waals surface area contributed by atoms with Gasteiger partial charge in [0.1, 0.15) is 0 Å². The molecule has 0 aliphatic rings. The van der Waals surface area contributed by atoms with Crippen molar-refractivity contribution in [3.8, 4) is 0 Å². The monoisotopic (exact) mass is 257 g/mol. The quantitative estimate of drug-likeness (QED) is 0.152.